The minimum atomic E-state index is 0.123. The second kappa shape index (κ2) is 4.60. The molecule has 13 heavy (non-hydrogen) atoms. The van der Waals surface area contributed by atoms with E-state index in [1.165, 1.54) is 7.11 Å². The van der Waals surface area contributed by atoms with Gasteiger partial charge in [-0.3, -0.25) is 0 Å². The molecule has 0 aliphatic heterocycles. The number of isothiocyanates is 1. The molecular weight excluding hydrogens is 186 g/mol. The molecule has 0 fully saturated rings. The number of thiocarbonyl (C=S) groups is 1. The van der Waals surface area contributed by atoms with Gasteiger partial charge in [0, 0.05) is 0 Å². The Labute approximate surface area is 81.7 Å². The van der Waals surface area contributed by atoms with Crippen LogP contribution in [0.3, 0.4) is 0 Å². The molecule has 0 unspecified atom stereocenters. The van der Waals surface area contributed by atoms with E-state index in [0.29, 0.717) is 12.3 Å². The molecule has 1 rings (SSSR count). The quantitative estimate of drug-likeness (QED) is 0.592. The van der Waals surface area contributed by atoms with E-state index < -0.39 is 0 Å². The van der Waals surface area contributed by atoms with Crippen molar-refractivity contribution in [2.45, 2.75) is 6.54 Å². The molecule has 1 N–H and O–H groups in total. The van der Waals surface area contributed by atoms with Gasteiger partial charge < -0.3 is 9.84 Å². The number of hydrogen-bond acceptors (Lipinski definition) is 4. The molecule has 0 heterocycles. The van der Waals surface area contributed by atoms with Crippen molar-refractivity contribution in [1.29, 1.82) is 0 Å². The predicted octanol–water partition coefficient (Wildman–Crippen LogP) is 2.00. The molecule has 3 nitrogen and oxygen atoms in total. The third kappa shape index (κ3) is 2.54. The Balaban J connectivity index is 2.92. The van der Waals surface area contributed by atoms with Gasteiger partial charge in [0.15, 0.2) is 11.5 Å². The molecule has 1 aromatic carbocycles. The molecule has 0 spiro atoms. The van der Waals surface area contributed by atoms with E-state index in [1.54, 1.807) is 18.2 Å². The zero-order valence-corrected chi connectivity index (χ0v) is 7.97. The van der Waals surface area contributed by atoms with Gasteiger partial charge in [-0.15, -0.1) is 0 Å². The Morgan fingerprint density at radius 3 is 3.00 bits per heavy atom. The summed E-state index contributed by atoms with van der Waals surface area (Å²) in [6, 6.07) is 5.03. The molecular formula is C9H9NO2S. The number of nitrogens with zero attached hydrogens (tertiary/aromatic N) is 1. The van der Waals surface area contributed by atoms with Crippen LogP contribution in [-0.2, 0) is 6.54 Å². The first-order valence-electron chi connectivity index (χ1n) is 3.67. The van der Waals surface area contributed by atoms with Gasteiger partial charge in [-0.05, 0) is 29.9 Å². The average Bonchev–Trinajstić information content (AvgIpc) is 2.16. The van der Waals surface area contributed by atoms with Crippen molar-refractivity contribution < 1.29 is 9.84 Å². The summed E-state index contributed by atoms with van der Waals surface area (Å²) in [6.45, 7) is 0.458. The Morgan fingerprint density at radius 1 is 1.62 bits per heavy atom. The predicted molar refractivity (Wildman–Crippen MR) is 53.4 cm³/mol. The maximum atomic E-state index is 9.27. The Morgan fingerprint density at radius 2 is 2.38 bits per heavy atom. The average molecular weight is 195 g/mol. The van der Waals surface area contributed by atoms with Crippen molar-refractivity contribution in [2.24, 2.45) is 4.99 Å². The summed E-state index contributed by atoms with van der Waals surface area (Å²) in [6.07, 6.45) is 0. The number of phenols is 1. The van der Waals surface area contributed by atoms with E-state index in [-0.39, 0.29) is 5.75 Å². The van der Waals surface area contributed by atoms with E-state index in [4.69, 9.17) is 4.74 Å². The maximum Gasteiger partial charge on any atom is 0.160 e. The van der Waals surface area contributed by atoms with Crippen molar-refractivity contribution in [3.63, 3.8) is 0 Å². The van der Waals surface area contributed by atoms with Gasteiger partial charge in [0.1, 0.15) is 0 Å². The van der Waals surface area contributed by atoms with Crippen molar-refractivity contribution in [1.82, 2.24) is 0 Å². The first-order chi connectivity index (χ1) is 6.27. The van der Waals surface area contributed by atoms with Crippen LogP contribution in [0.25, 0.3) is 0 Å². The summed E-state index contributed by atoms with van der Waals surface area (Å²) < 4.78 is 4.93. The van der Waals surface area contributed by atoms with Crippen LogP contribution in [0, 0.1) is 0 Å². The summed E-state index contributed by atoms with van der Waals surface area (Å²) in [4.78, 5) is 3.77. The first kappa shape index (κ1) is 9.71. The molecule has 0 aliphatic carbocycles. The van der Waals surface area contributed by atoms with Crippen molar-refractivity contribution in [3.05, 3.63) is 23.8 Å². The van der Waals surface area contributed by atoms with Crippen molar-refractivity contribution in [2.75, 3.05) is 7.11 Å². The monoisotopic (exact) mass is 195 g/mol. The lowest BCUT2D eigenvalue weighted by Crippen LogP contribution is -1.86. The molecule has 0 aliphatic rings. The number of hydrogen-bond donors (Lipinski definition) is 1. The van der Waals surface area contributed by atoms with Crippen LogP contribution >= 0.6 is 12.2 Å². The smallest absolute Gasteiger partial charge is 0.160 e. The zero-order chi connectivity index (χ0) is 9.68. The number of rotatable bonds is 3. The minimum absolute atomic E-state index is 0.123. The maximum absolute atomic E-state index is 9.27. The number of ether oxygens (including phenoxy) is 1. The van der Waals surface area contributed by atoms with Gasteiger partial charge in [-0.25, -0.2) is 4.99 Å². The van der Waals surface area contributed by atoms with Gasteiger partial charge in [-0.1, -0.05) is 6.07 Å². The topological polar surface area (TPSA) is 41.8 Å². The van der Waals surface area contributed by atoms with Crippen LogP contribution in [-0.4, -0.2) is 17.4 Å². The van der Waals surface area contributed by atoms with Gasteiger partial charge in [0.05, 0.1) is 18.8 Å². The van der Waals surface area contributed by atoms with Crippen LogP contribution < -0.4 is 4.74 Å². The number of aliphatic imine (C=N–C) groups is 1. The van der Waals surface area contributed by atoms with Crippen LogP contribution in [0.15, 0.2) is 23.2 Å². The number of methoxy groups -OCH3 is 1. The number of benzene rings is 1. The Bertz CT molecular complexity index is 345. The van der Waals surface area contributed by atoms with Crippen LogP contribution in [0.4, 0.5) is 0 Å². The van der Waals surface area contributed by atoms with E-state index >= 15 is 0 Å². The standard InChI is InChI=1S/C9H9NO2S/c1-12-9-4-7(5-10-6-13)2-3-8(9)11/h2-4,11H,5H2,1H3. The lowest BCUT2D eigenvalue weighted by atomic mass is 10.2. The van der Waals surface area contributed by atoms with E-state index in [1.807, 2.05) is 0 Å². The lowest BCUT2D eigenvalue weighted by Gasteiger charge is -2.03. The summed E-state index contributed by atoms with van der Waals surface area (Å²) >= 11 is 4.44. The van der Waals surface area contributed by atoms with Crippen LogP contribution in [0.1, 0.15) is 5.56 Å². The fourth-order valence-electron chi connectivity index (χ4n) is 0.944. The summed E-state index contributed by atoms with van der Waals surface area (Å²) in [5.74, 6) is 0.564. The first-order valence-corrected chi connectivity index (χ1v) is 4.08. The van der Waals surface area contributed by atoms with Crippen molar-refractivity contribution >= 4 is 17.4 Å². The van der Waals surface area contributed by atoms with Gasteiger partial charge >= 0.3 is 0 Å². The van der Waals surface area contributed by atoms with Crippen molar-refractivity contribution in [3.8, 4) is 11.5 Å². The summed E-state index contributed by atoms with van der Waals surface area (Å²) in [5, 5.41) is 11.5. The van der Waals surface area contributed by atoms with Crippen LogP contribution in [0.5, 0.6) is 11.5 Å². The number of phenolic OH excluding ortho intramolecular Hbond substituents is 1. The molecule has 0 bridgehead atoms. The minimum Gasteiger partial charge on any atom is -0.504 e. The molecule has 4 heteroatoms. The highest BCUT2D eigenvalue weighted by Crippen LogP contribution is 2.26. The second-order valence-electron chi connectivity index (χ2n) is 2.41. The third-order valence-corrected chi connectivity index (χ3v) is 1.70. The highest BCUT2D eigenvalue weighted by atomic mass is 32.1. The fraction of sp³-hybridized carbons (Fsp3) is 0.222. The van der Waals surface area contributed by atoms with E-state index in [2.05, 4.69) is 22.4 Å². The van der Waals surface area contributed by atoms with Gasteiger partial charge in [0.25, 0.3) is 0 Å². The number of aromatic hydroxyl groups is 1. The van der Waals surface area contributed by atoms with Gasteiger partial charge in [0.2, 0.25) is 0 Å². The second-order valence-corrected chi connectivity index (χ2v) is 2.60. The molecule has 0 saturated heterocycles. The van der Waals surface area contributed by atoms with Gasteiger partial charge in [-0.2, -0.15) is 0 Å². The molecule has 68 valence electrons. The molecule has 0 radical (unpaired) electrons. The normalized spacial score (nSPS) is 9.00. The molecule has 0 atom stereocenters. The summed E-state index contributed by atoms with van der Waals surface area (Å²) in [5.41, 5.74) is 0.923. The van der Waals surface area contributed by atoms with E-state index in [9.17, 15) is 5.11 Å². The SMILES string of the molecule is COc1cc(CN=C=S)ccc1O. The lowest BCUT2D eigenvalue weighted by molar-refractivity contribution is 0.373. The fourth-order valence-corrected chi connectivity index (χ4v) is 1.01. The molecule has 0 aromatic heterocycles. The summed E-state index contributed by atoms with van der Waals surface area (Å²) in [7, 11) is 1.50. The zero-order valence-electron chi connectivity index (χ0n) is 7.15. The molecule has 0 saturated carbocycles. The molecule has 0 amide bonds. The Kier molecular flexibility index (Phi) is 3.43. The highest BCUT2D eigenvalue weighted by molar-refractivity contribution is 7.78. The van der Waals surface area contributed by atoms with E-state index in [0.717, 1.165) is 5.56 Å². The highest BCUT2D eigenvalue weighted by Gasteiger charge is 2.01. The largest absolute Gasteiger partial charge is 0.504 e. The molecule has 1 aromatic rings. The van der Waals surface area contributed by atoms with Crippen LogP contribution in [0.2, 0.25) is 0 Å². The third-order valence-electron chi connectivity index (χ3n) is 1.57. The Hall–Kier alpha value is -1.38.